The lowest BCUT2D eigenvalue weighted by molar-refractivity contribution is -0.0979. The molecular weight excluding hydrogens is 300 g/mol. The summed E-state index contributed by atoms with van der Waals surface area (Å²) < 4.78 is 0. The molecule has 2 rings (SSSR count). The van der Waals surface area contributed by atoms with Crippen LogP contribution in [0.2, 0.25) is 0 Å². The third-order valence-electron chi connectivity index (χ3n) is 3.36. The summed E-state index contributed by atoms with van der Waals surface area (Å²) >= 11 is 0. The van der Waals surface area contributed by atoms with Crippen LogP contribution >= 0.6 is 0 Å². The van der Waals surface area contributed by atoms with Gasteiger partial charge in [-0.15, -0.1) is 0 Å². The third kappa shape index (κ3) is 8.37. The van der Waals surface area contributed by atoms with Gasteiger partial charge in [0.05, 0.1) is 0 Å². The number of aromatic hydroxyl groups is 2. The number of carbonyl (C=O) groups excluding carboxylic acids is 1. The van der Waals surface area contributed by atoms with Crippen molar-refractivity contribution in [3.63, 3.8) is 0 Å². The van der Waals surface area contributed by atoms with Crippen molar-refractivity contribution in [3.8, 4) is 11.5 Å². The molecule has 3 nitrogen and oxygen atoms in total. The maximum Gasteiger partial charge on any atom is 0.119 e. The molecule has 0 spiro atoms. The number of hydrogen-bond acceptors (Lipinski definition) is 3. The molecule has 0 saturated heterocycles. The molecule has 24 heavy (non-hydrogen) atoms. The number of phenolic OH excluding ortho intramolecular Hbond substituents is 2. The van der Waals surface area contributed by atoms with E-state index in [0.717, 1.165) is 12.0 Å². The fourth-order valence-corrected chi connectivity index (χ4v) is 2.89. The Hall–Kier alpha value is -2.29. The Morgan fingerprint density at radius 3 is 1.62 bits per heavy atom. The van der Waals surface area contributed by atoms with Gasteiger partial charge in [0.15, 0.2) is 0 Å². The van der Waals surface area contributed by atoms with Gasteiger partial charge in [0, 0.05) is 0 Å². The zero-order chi connectivity index (χ0) is 18.8. The summed E-state index contributed by atoms with van der Waals surface area (Å²) in [6.07, 6.45) is 1.05. The van der Waals surface area contributed by atoms with Crippen molar-refractivity contribution in [3.05, 3.63) is 60.2 Å². The Balaban J connectivity index is 0.000000488. The van der Waals surface area contributed by atoms with E-state index >= 15 is 0 Å². The van der Waals surface area contributed by atoms with Crippen LogP contribution in [0.4, 0.5) is 0 Å². The summed E-state index contributed by atoms with van der Waals surface area (Å²) in [5.41, 5.74) is 1.33. The number of hydrogen-bond donors (Lipinski definition) is 2. The van der Waals surface area contributed by atoms with Crippen molar-refractivity contribution < 1.29 is 15.0 Å². The van der Waals surface area contributed by atoms with E-state index in [1.807, 2.05) is 31.1 Å². The molecule has 132 valence electrons. The molecule has 0 aliphatic carbocycles. The van der Waals surface area contributed by atoms with Crippen LogP contribution in [-0.4, -0.2) is 17.0 Å². The number of phenols is 2. The van der Waals surface area contributed by atoms with Crippen molar-refractivity contribution in [1.82, 2.24) is 0 Å². The van der Waals surface area contributed by atoms with Gasteiger partial charge in [-0.05, 0) is 41.0 Å². The van der Waals surface area contributed by atoms with Gasteiger partial charge in [0.25, 0.3) is 0 Å². The van der Waals surface area contributed by atoms with Gasteiger partial charge in [0.1, 0.15) is 18.3 Å². The molecule has 0 radical (unpaired) electrons. The normalized spacial score (nSPS) is 10.7. The van der Waals surface area contributed by atoms with Gasteiger partial charge in [-0.3, -0.25) is 0 Å². The van der Waals surface area contributed by atoms with Gasteiger partial charge in [0.2, 0.25) is 0 Å². The van der Waals surface area contributed by atoms with Crippen LogP contribution in [0.3, 0.4) is 0 Å². The summed E-state index contributed by atoms with van der Waals surface area (Å²) in [5.74, 6) is 0.731. The standard InChI is InChI=1S/C14H22O.C6H6O.CH2O/c1-13(2,3)10-14(4,5)11-8-6-7-9-12(11)15;7-6-4-2-1-3-5-6;1-2/h6-9,15H,10H2,1-5H3;1-5,7H;1H2. The molecule has 0 heterocycles. The van der Waals surface area contributed by atoms with Gasteiger partial charge >= 0.3 is 0 Å². The predicted octanol–water partition coefficient (Wildman–Crippen LogP) is 5.31. The Bertz CT molecular complexity index is 584. The Morgan fingerprint density at radius 2 is 1.25 bits per heavy atom. The predicted molar refractivity (Wildman–Crippen MR) is 100 cm³/mol. The molecule has 0 fully saturated rings. The third-order valence-corrected chi connectivity index (χ3v) is 3.36. The first kappa shape index (κ1) is 21.7. The molecule has 0 unspecified atom stereocenters. The Morgan fingerprint density at radius 1 is 0.792 bits per heavy atom. The molecular formula is C21H30O3. The van der Waals surface area contributed by atoms with Gasteiger partial charge < -0.3 is 15.0 Å². The SMILES string of the molecule is C=O.CC(C)(C)CC(C)(C)c1ccccc1O.Oc1ccccc1. The van der Waals surface area contributed by atoms with Crippen molar-refractivity contribution in [1.29, 1.82) is 0 Å². The summed E-state index contributed by atoms with van der Waals surface area (Å²) in [7, 11) is 0. The van der Waals surface area contributed by atoms with Gasteiger partial charge in [-0.1, -0.05) is 71.0 Å². The van der Waals surface area contributed by atoms with E-state index in [-0.39, 0.29) is 10.8 Å². The van der Waals surface area contributed by atoms with E-state index in [4.69, 9.17) is 9.90 Å². The van der Waals surface area contributed by atoms with E-state index < -0.39 is 0 Å². The molecule has 2 N–H and O–H groups in total. The lowest BCUT2D eigenvalue weighted by Gasteiger charge is -2.33. The van der Waals surface area contributed by atoms with Crippen molar-refractivity contribution in [2.24, 2.45) is 5.41 Å². The highest BCUT2D eigenvalue weighted by Gasteiger charge is 2.28. The first-order valence-corrected chi connectivity index (χ1v) is 7.93. The van der Waals surface area contributed by atoms with Gasteiger partial charge in [-0.2, -0.15) is 0 Å². The van der Waals surface area contributed by atoms with Crippen molar-refractivity contribution >= 4 is 6.79 Å². The van der Waals surface area contributed by atoms with Crippen molar-refractivity contribution in [2.75, 3.05) is 0 Å². The van der Waals surface area contributed by atoms with Crippen LogP contribution in [0.25, 0.3) is 0 Å². The monoisotopic (exact) mass is 330 g/mol. The summed E-state index contributed by atoms with van der Waals surface area (Å²) in [5, 5.41) is 18.5. The van der Waals surface area contributed by atoms with E-state index in [0.29, 0.717) is 11.5 Å². The fraction of sp³-hybridized carbons (Fsp3) is 0.381. The minimum atomic E-state index is 0.0175. The maximum atomic E-state index is 9.84. The molecule has 0 aromatic heterocycles. The summed E-state index contributed by atoms with van der Waals surface area (Å²) in [6.45, 7) is 13.1. The molecule has 0 saturated carbocycles. The Kier molecular flexibility index (Phi) is 8.83. The molecule has 0 aliphatic heterocycles. The lowest BCUT2D eigenvalue weighted by atomic mass is 9.72. The Labute approximate surface area is 146 Å². The van der Waals surface area contributed by atoms with Crippen molar-refractivity contribution in [2.45, 2.75) is 46.5 Å². The highest BCUT2D eigenvalue weighted by atomic mass is 16.3. The van der Waals surface area contributed by atoms with Gasteiger partial charge in [-0.25, -0.2) is 0 Å². The average Bonchev–Trinajstić information content (AvgIpc) is 2.48. The number of rotatable bonds is 2. The smallest absolute Gasteiger partial charge is 0.119 e. The molecule has 3 heteroatoms. The van der Waals surface area contributed by atoms with E-state index in [2.05, 4.69) is 34.6 Å². The van der Waals surface area contributed by atoms with Crippen LogP contribution in [-0.2, 0) is 10.2 Å². The zero-order valence-electron chi connectivity index (χ0n) is 15.4. The number of para-hydroxylation sites is 2. The highest BCUT2D eigenvalue weighted by molar-refractivity contribution is 5.37. The second-order valence-corrected chi connectivity index (χ2v) is 7.47. The van der Waals surface area contributed by atoms with Crippen LogP contribution in [0.5, 0.6) is 11.5 Å². The lowest BCUT2D eigenvalue weighted by Crippen LogP contribution is -2.24. The van der Waals surface area contributed by atoms with Crippen LogP contribution < -0.4 is 0 Å². The average molecular weight is 330 g/mol. The minimum Gasteiger partial charge on any atom is -0.508 e. The molecule has 0 aliphatic rings. The molecule has 2 aromatic carbocycles. The van der Waals surface area contributed by atoms with Crippen LogP contribution in [0.15, 0.2) is 54.6 Å². The van der Waals surface area contributed by atoms with Crippen LogP contribution in [0, 0.1) is 5.41 Å². The highest BCUT2D eigenvalue weighted by Crippen LogP contribution is 2.39. The largest absolute Gasteiger partial charge is 0.508 e. The molecule has 0 bridgehead atoms. The maximum absolute atomic E-state index is 9.84. The van der Waals surface area contributed by atoms with E-state index in [1.54, 1.807) is 30.3 Å². The zero-order valence-corrected chi connectivity index (χ0v) is 15.4. The second kappa shape index (κ2) is 9.76. The first-order chi connectivity index (χ1) is 11.1. The second-order valence-electron chi connectivity index (χ2n) is 7.47. The van der Waals surface area contributed by atoms with E-state index in [1.165, 1.54) is 0 Å². The van der Waals surface area contributed by atoms with Crippen LogP contribution in [0.1, 0.15) is 46.6 Å². The minimum absolute atomic E-state index is 0.0175. The fourth-order valence-electron chi connectivity index (χ4n) is 2.89. The summed E-state index contributed by atoms with van der Waals surface area (Å²) in [6, 6.07) is 16.3. The van der Waals surface area contributed by atoms with E-state index in [9.17, 15) is 5.11 Å². The quantitative estimate of drug-likeness (QED) is 0.784. The topological polar surface area (TPSA) is 57.5 Å². The number of benzene rings is 2. The summed E-state index contributed by atoms with van der Waals surface area (Å²) in [4.78, 5) is 8.00. The molecule has 2 aromatic rings. The number of carbonyl (C=O) groups is 1. The molecule has 0 amide bonds. The first-order valence-electron chi connectivity index (χ1n) is 7.93. The molecule has 0 atom stereocenters.